The Balaban J connectivity index is 2.02. The van der Waals surface area contributed by atoms with E-state index in [0.29, 0.717) is 17.1 Å². The Hall–Kier alpha value is -2.37. The van der Waals surface area contributed by atoms with Gasteiger partial charge < -0.3 is 15.2 Å². The molecular weight excluding hydrogens is 348 g/mol. The number of imidazole rings is 1. The fourth-order valence-corrected chi connectivity index (χ4v) is 3.17. The number of hydrogen-bond acceptors (Lipinski definition) is 3. The number of nitrogens with zero attached hydrogens (tertiary/aromatic N) is 2. The maximum atomic E-state index is 12.4. The van der Waals surface area contributed by atoms with E-state index in [1.807, 2.05) is 49.5 Å². The zero-order valence-corrected chi connectivity index (χ0v) is 16.0. The van der Waals surface area contributed by atoms with Gasteiger partial charge in [-0.25, -0.2) is 4.98 Å². The summed E-state index contributed by atoms with van der Waals surface area (Å²) in [6.45, 7) is 5.55. The molecule has 0 unspecified atom stereocenters. The fourth-order valence-electron chi connectivity index (χ4n) is 3.00. The van der Waals surface area contributed by atoms with Crippen LogP contribution in [0, 0.1) is 0 Å². The maximum absolute atomic E-state index is 12.4. The molecule has 0 aliphatic heterocycles. The number of likely N-dealkylation sites (N-methyl/N-ethyl adjacent to an activating group) is 1. The standard InChI is InChI=1S/C20H23ClN4O/c1-13(2)25-18-8-7-16(21)12-17(18)24-19(25)14-5-4-6-15(11-14)20(26)23-10-9-22-3/h4-8,11-13,22H,9-10H2,1-3H3,(H,23,26). The first-order chi connectivity index (χ1) is 12.5. The van der Waals surface area contributed by atoms with Crippen LogP contribution in [0.2, 0.25) is 5.02 Å². The van der Waals surface area contributed by atoms with Crippen molar-refractivity contribution in [2.24, 2.45) is 0 Å². The minimum absolute atomic E-state index is 0.0858. The highest BCUT2D eigenvalue weighted by atomic mass is 35.5. The molecule has 5 nitrogen and oxygen atoms in total. The lowest BCUT2D eigenvalue weighted by Gasteiger charge is -2.14. The van der Waals surface area contributed by atoms with Crippen LogP contribution in [-0.2, 0) is 0 Å². The summed E-state index contributed by atoms with van der Waals surface area (Å²) in [7, 11) is 1.86. The second-order valence-corrected chi connectivity index (χ2v) is 6.91. The number of aromatic nitrogens is 2. The Labute approximate surface area is 158 Å². The van der Waals surface area contributed by atoms with Crippen molar-refractivity contribution in [2.45, 2.75) is 19.9 Å². The summed E-state index contributed by atoms with van der Waals surface area (Å²) in [6.07, 6.45) is 0. The normalized spacial score (nSPS) is 11.3. The summed E-state index contributed by atoms with van der Waals surface area (Å²) >= 11 is 6.13. The van der Waals surface area contributed by atoms with Crippen LogP contribution in [0.5, 0.6) is 0 Å². The number of benzene rings is 2. The van der Waals surface area contributed by atoms with Crippen LogP contribution >= 0.6 is 11.6 Å². The van der Waals surface area contributed by atoms with Crippen molar-refractivity contribution in [3.05, 3.63) is 53.1 Å². The molecule has 0 radical (unpaired) electrons. The molecule has 0 saturated heterocycles. The van der Waals surface area contributed by atoms with Crippen LogP contribution in [0.15, 0.2) is 42.5 Å². The summed E-state index contributed by atoms with van der Waals surface area (Å²) in [4.78, 5) is 17.1. The van der Waals surface area contributed by atoms with Crippen LogP contribution in [0.1, 0.15) is 30.2 Å². The number of amides is 1. The van der Waals surface area contributed by atoms with Gasteiger partial charge in [0.05, 0.1) is 11.0 Å². The third kappa shape index (κ3) is 3.74. The Bertz CT molecular complexity index is 933. The van der Waals surface area contributed by atoms with E-state index >= 15 is 0 Å². The third-order valence-corrected chi connectivity index (χ3v) is 4.45. The number of hydrogen-bond donors (Lipinski definition) is 2. The summed E-state index contributed by atoms with van der Waals surface area (Å²) < 4.78 is 2.17. The number of carbonyl (C=O) groups is 1. The molecule has 2 N–H and O–H groups in total. The predicted octanol–water partition coefficient (Wildman–Crippen LogP) is 3.89. The molecule has 0 aliphatic rings. The molecule has 136 valence electrons. The van der Waals surface area contributed by atoms with Gasteiger partial charge >= 0.3 is 0 Å². The van der Waals surface area contributed by atoms with E-state index in [1.54, 1.807) is 0 Å². The van der Waals surface area contributed by atoms with Crippen molar-refractivity contribution in [3.63, 3.8) is 0 Å². The Morgan fingerprint density at radius 1 is 1.19 bits per heavy atom. The molecule has 2 aromatic carbocycles. The zero-order chi connectivity index (χ0) is 18.7. The highest BCUT2D eigenvalue weighted by Crippen LogP contribution is 2.30. The van der Waals surface area contributed by atoms with Gasteiger partial charge in [0.1, 0.15) is 5.82 Å². The molecule has 1 aromatic heterocycles. The van der Waals surface area contributed by atoms with E-state index < -0.39 is 0 Å². The molecule has 0 spiro atoms. The van der Waals surface area contributed by atoms with Gasteiger partial charge in [-0.3, -0.25) is 4.79 Å². The highest BCUT2D eigenvalue weighted by molar-refractivity contribution is 6.31. The SMILES string of the molecule is CNCCNC(=O)c1cccc(-c2nc3cc(Cl)ccc3n2C(C)C)c1. The van der Waals surface area contributed by atoms with E-state index in [4.69, 9.17) is 16.6 Å². The van der Waals surface area contributed by atoms with Crippen molar-refractivity contribution in [1.82, 2.24) is 20.2 Å². The van der Waals surface area contributed by atoms with Crippen molar-refractivity contribution in [3.8, 4) is 11.4 Å². The quantitative estimate of drug-likeness (QED) is 0.647. The van der Waals surface area contributed by atoms with Gasteiger partial charge in [-0.05, 0) is 51.2 Å². The van der Waals surface area contributed by atoms with Gasteiger partial charge in [0, 0.05) is 35.3 Å². The summed E-state index contributed by atoms with van der Waals surface area (Å²) in [5.74, 6) is 0.750. The molecule has 26 heavy (non-hydrogen) atoms. The predicted molar refractivity (Wildman–Crippen MR) is 107 cm³/mol. The van der Waals surface area contributed by atoms with Gasteiger partial charge in [-0.2, -0.15) is 0 Å². The molecule has 0 saturated carbocycles. The summed E-state index contributed by atoms with van der Waals surface area (Å²) in [5.41, 5.74) is 3.42. The van der Waals surface area contributed by atoms with Crippen molar-refractivity contribution < 1.29 is 4.79 Å². The van der Waals surface area contributed by atoms with Crippen LogP contribution in [0.3, 0.4) is 0 Å². The van der Waals surface area contributed by atoms with Gasteiger partial charge in [-0.15, -0.1) is 0 Å². The van der Waals surface area contributed by atoms with E-state index in [1.165, 1.54) is 0 Å². The van der Waals surface area contributed by atoms with E-state index in [0.717, 1.165) is 29.0 Å². The second-order valence-electron chi connectivity index (χ2n) is 6.47. The molecule has 1 amide bonds. The number of halogens is 1. The molecule has 0 atom stereocenters. The van der Waals surface area contributed by atoms with Crippen LogP contribution < -0.4 is 10.6 Å². The second kappa shape index (κ2) is 7.89. The van der Waals surface area contributed by atoms with Crippen LogP contribution in [0.4, 0.5) is 0 Å². The first-order valence-electron chi connectivity index (χ1n) is 8.72. The van der Waals surface area contributed by atoms with Gasteiger partial charge in [0.25, 0.3) is 5.91 Å². The average molecular weight is 371 g/mol. The fraction of sp³-hybridized carbons (Fsp3) is 0.300. The van der Waals surface area contributed by atoms with Crippen LogP contribution in [0.25, 0.3) is 22.4 Å². The molecule has 3 aromatic rings. The van der Waals surface area contributed by atoms with Gasteiger partial charge in [0.15, 0.2) is 0 Å². The Kier molecular flexibility index (Phi) is 5.59. The summed E-state index contributed by atoms with van der Waals surface area (Å²) in [5, 5.41) is 6.58. The molecule has 0 bridgehead atoms. The third-order valence-electron chi connectivity index (χ3n) is 4.21. The van der Waals surface area contributed by atoms with E-state index in [-0.39, 0.29) is 11.9 Å². The minimum Gasteiger partial charge on any atom is -0.351 e. The first-order valence-corrected chi connectivity index (χ1v) is 9.09. The monoisotopic (exact) mass is 370 g/mol. The Morgan fingerprint density at radius 3 is 2.73 bits per heavy atom. The topological polar surface area (TPSA) is 58.9 Å². The molecule has 0 aliphatic carbocycles. The molecule has 1 heterocycles. The molecule has 3 rings (SSSR count). The lowest BCUT2D eigenvalue weighted by molar-refractivity contribution is 0.0954. The molecule has 6 heteroatoms. The first kappa shape index (κ1) is 18.4. The lowest BCUT2D eigenvalue weighted by atomic mass is 10.1. The number of nitrogens with one attached hydrogen (secondary N) is 2. The average Bonchev–Trinajstić information content (AvgIpc) is 3.00. The Morgan fingerprint density at radius 2 is 2.00 bits per heavy atom. The smallest absolute Gasteiger partial charge is 0.251 e. The van der Waals surface area contributed by atoms with Crippen molar-refractivity contribution >= 4 is 28.5 Å². The molecular formula is C20H23ClN4O. The number of fused-ring (bicyclic) bond motifs is 1. The number of rotatable bonds is 6. The summed E-state index contributed by atoms with van der Waals surface area (Å²) in [6, 6.07) is 13.5. The number of carbonyl (C=O) groups excluding carboxylic acids is 1. The lowest BCUT2D eigenvalue weighted by Crippen LogP contribution is -2.30. The van der Waals surface area contributed by atoms with E-state index in [2.05, 4.69) is 29.0 Å². The van der Waals surface area contributed by atoms with Gasteiger partial charge in [0.2, 0.25) is 0 Å². The maximum Gasteiger partial charge on any atom is 0.251 e. The van der Waals surface area contributed by atoms with Crippen molar-refractivity contribution in [1.29, 1.82) is 0 Å². The highest BCUT2D eigenvalue weighted by Gasteiger charge is 2.16. The molecule has 0 fully saturated rings. The zero-order valence-electron chi connectivity index (χ0n) is 15.2. The van der Waals surface area contributed by atoms with Crippen LogP contribution in [-0.4, -0.2) is 35.6 Å². The van der Waals surface area contributed by atoms with Gasteiger partial charge in [-0.1, -0.05) is 23.7 Å². The largest absolute Gasteiger partial charge is 0.351 e. The van der Waals surface area contributed by atoms with E-state index in [9.17, 15) is 4.79 Å². The minimum atomic E-state index is -0.0858. The van der Waals surface area contributed by atoms with Crippen molar-refractivity contribution in [2.75, 3.05) is 20.1 Å².